The summed E-state index contributed by atoms with van der Waals surface area (Å²) < 4.78 is 37.0. The molecule has 4 N–H and O–H groups in total. The van der Waals surface area contributed by atoms with Gasteiger partial charge >= 0.3 is 0 Å². The molecule has 0 atom stereocenters. The molecule has 0 bridgehead atoms. The van der Waals surface area contributed by atoms with E-state index in [2.05, 4.69) is 84.0 Å². The van der Waals surface area contributed by atoms with E-state index in [4.69, 9.17) is 55.1 Å². The Bertz CT molecular complexity index is 2460. The number of halogens is 5. The smallest absolute Gasteiger partial charge is 0.224 e. The molecule has 6 rings (SSSR count). The maximum atomic E-state index is 12.9. The first-order chi connectivity index (χ1) is 28.3. The number of methoxy groups -OCH3 is 2. The van der Waals surface area contributed by atoms with E-state index >= 15 is 0 Å². The molecule has 6 aromatic rings. The average Bonchev–Trinajstić information content (AvgIpc) is 3.21. The van der Waals surface area contributed by atoms with Gasteiger partial charge < -0.3 is 34.8 Å². The Kier molecular flexibility index (Phi) is 22.2. The van der Waals surface area contributed by atoms with Crippen LogP contribution in [-0.4, -0.2) is 92.5 Å². The number of nitrogens with zero attached hydrogens (tertiary/aromatic N) is 8. The fraction of sp³-hybridized carbons (Fsp3) is 0.282. The van der Waals surface area contributed by atoms with Crippen molar-refractivity contribution in [1.82, 2.24) is 39.9 Å². The third-order valence-corrected chi connectivity index (χ3v) is 12.8. The van der Waals surface area contributed by atoms with E-state index in [1.54, 1.807) is 65.5 Å². The van der Waals surface area contributed by atoms with Gasteiger partial charge in [0.25, 0.3) is 0 Å². The highest BCUT2D eigenvalue weighted by atomic mass is 79.9. The van der Waals surface area contributed by atoms with Crippen LogP contribution in [0, 0.1) is 0 Å². The molecule has 22 heteroatoms. The number of aromatic nitrogens is 8. The number of nitrogens with one attached hydrogen (secondary N) is 1. The van der Waals surface area contributed by atoms with Crippen molar-refractivity contribution < 1.29 is 23.7 Å². The van der Waals surface area contributed by atoms with E-state index in [-0.39, 0.29) is 18.0 Å². The van der Waals surface area contributed by atoms with E-state index in [9.17, 15) is 9.13 Å². The number of ether oxygens (including phenoxy) is 2. The van der Waals surface area contributed by atoms with Crippen LogP contribution < -0.4 is 31.1 Å². The predicted octanol–water partition coefficient (Wildman–Crippen LogP) is 10.3. The number of aliphatic hydroxyl groups is 1. The summed E-state index contributed by atoms with van der Waals surface area (Å²) in [6.45, 7) is 9.20. The largest absolute Gasteiger partial charge is 0.480 e. The Morgan fingerprint density at radius 2 is 1.23 bits per heavy atom. The maximum Gasteiger partial charge on any atom is 0.224 e. The van der Waals surface area contributed by atoms with E-state index in [1.807, 2.05) is 30.3 Å². The highest BCUT2D eigenvalue weighted by Crippen LogP contribution is 2.41. The van der Waals surface area contributed by atoms with Gasteiger partial charge in [0.1, 0.15) is 37.9 Å². The number of hydrogen-bond acceptors (Lipinski definition) is 15. The number of nitrogen functional groups attached to an aromatic ring is 1. The zero-order chi connectivity index (χ0) is 44.6. The monoisotopic (exact) mass is 1060 g/mol. The molecule has 0 aliphatic carbocycles. The highest BCUT2D eigenvalue weighted by Gasteiger charge is 2.21. The first-order valence-electron chi connectivity index (χ1n) is 17.6. The maximum absolute atomic E-state index is 12.9. The Labute approximate surface area is 388 Å². The fourth-order valence-corrected chi connectivity index (χ4v) is 8.06. The van der Waals surface area contributed by atoms with Crippen LogP contribution in [0.25, 0.3) is 22.3 Å². The first kappa shape index (κ1) is 53.3. The highest BCUT2D eigenvalue weighted by molar-refractivity contribution is 9.11. The molecular weight excluding hydrogens is 1020 g/mol. The summed E-state index contributed by atoms with van der Waals surface area (Å²) in [5, 5.41) is 13.2. The molecule has 328 valence electrons. The fourth-order valence-electron chi connectivity index (χ4n) is 4.83. The van der Waals surface area contributed by atoms with Gasteiger partial charge in [-0.1, -0.05) is 44.5 Å². The number of aliphatic hydroxyl groups excluding tert-OH is 1. The van der Waals surface area contributed by atoms with Gasteiger partial charge in [0.15, 0.2) is 0 Å². The minimum atomic E-state index is -2.63. The topological polar surface area (TPSA) is 214 Å². The molecule has 0 saturated heterocycles. The van der Waals surface area contributed by atoms with Gasteiger partial charge in [-0.15, -0.1) is 0 Å². The van der Waals surface area contributed by atoms with Gasteiger partial charge in [-0.3, -0.25) is 0 Å². The third kappa shape index (κ3) is 16.4. The minimum Gasteiger partial charge on any atom is -0.480 e. The lowest BCUT2D eigenvalue weighted by Crippen LogP contribution is -2.11. The van der Waals surface area contributed by atoms with Crippen LogP contribution in [0.1, 0.15) is 27.2 Å². The molecule has 4 aromatic heterocycles. The van der Waals surface area contributed by atoms with E-state index in [0.717, 1.165) is 29.5 Å². The van der Waals surface area contributed by atoms with Gasteiger partial charge in [0.2, 0.25) is 22.3 Å². The number of benzene rings is 2. The standard InChI is InChI=1S/C17H16BrClN5O2P.C13H16N3O2P.C4HBrCl2N2.C4H10O.CH4/c1-26-16-11(7-20-9-22-16)10-4-5-13(14(6-10)27(2,3)25)23-15-12(18)8-21-17(19)24-15;1-18-13-10(7-15-8-16-13)9-4-5-11(14)12(6-9)19(2,3)17;5-2-1-8-4(7)9-3(2)6;1-2-3-4-5;/h4-9H,1-3H3,(H,21,23,24);4-8H,14H2,1-3H3;1H;5H,2-4H2,1H3;1H4. The van der Waals surface area contributed by atoms with Gasteiger partial charge in [-0.2, -0.15) is 4.98 Å². The number of nitrogens with two attached hydrogens (primary N) is 1. The number of unbranched alkanes of at least 4 members (excludes halogenated alkanes) is 1. The number of rotatable bonds is 10. The molecule has 0 spiro atoms. The molecule has 0 saturated carbocycles. The second-order valence-electron chi connectivity index (χ2n) is 12.9. The lowest BCUT2D eigenvalue weighted by Gasteiger charge is -2.17. The molecule has 4 heterocycles. The molecule has 0 aliphatic heterocycles. The van der Waals surface area contributed by atoms with Crippen LogP contribution in [0.15, 0.2) is 82.8 Å². The number of hydrogen-bond donors (Lipinski definition) is 3. The van der Waals surface area contributed by atoms with Crippen molar-refractivity contribution in [3.8, 4) is 34.0 Å². The Balaban J connectivity index is 0.000000325. The van der Waals surface area contributed by atoms with E-state index in [0.29, 0.717) is 65.8 Å². The van der Waals surface area contributed by atoms with Crippen LogP contribution in [0.3, 0.4) is 0 Å². The summed E-state index contributed by atoms with van der Waals surface area (Å²) in [5.74, 6) is 1.41. The van der Waals surface area contributed by atoms with Crippen LogP contribution in [0.5, 0.6) is 11.8 Å². The second kappa shape index (κ2) is 25.4. The van der Waals surface area contributed by atoms with Crippen molar-refractivity contribution in [2.75, 3.05) is 58.5 Å². The van der Waals surface area contributed by atoms with Crippen molar-refractivity contribution in [3.05, 3.63) is 98.5 Å². The quantitative estimate of drug-likeness (QED) is 0.0504. The van der Waals surface area contributed by atoms with E-state index in [1.165, 1.54) is 18.9 Å². The summed E-state index contributed by atoms with van der Waals surface area (Å²) >= 11 is 23.3. The molecule has 0 unspecified atom stereocenters. The summed E-state index contributed by atoms with van der Waals surface area (Å²) in [5.41, 5.74) is 10.2. The number of anilines is 3. The Morgan fingerprint density at radius 1 is 0.738 bits per heavy atom. The van der Waals surface area contributed by atoms with Crippen molar-refractivity contribution in [2.45, 2.75) is 27.2 Å². The minimum absolute atomic E-state index is 0. The van der Waals surface area contributed by atoms with Gasteiger partial charge in [-0.05, 0) is 124 Å². The normalized spacial score (nSPS) is 10.6. The molecule has 15 nitrogen and oxygen atoms in total. The first-order valence-corrected chi connectivity index (χ1v) is 25.5. The summed E-state index contributed by atoms with van der Waals surface area (Å²) in [4.78, 5) is 31.6. The average molecular weight is 1060 g/mol. The molecule has 0 radical (unpaired) electrons. The van der Waals surface area contributed by atoms with Crippen molar-refractivity contribution in [2.24, 2.45) is 0 Å². The van der Waals surface area contributed by atoms with Crippen molar-refractivity contribution in [3.63, 3.8) is 0 Å². The van der Waals surface area contributed by atoms with Crippen LogP contribution in [0.2, 0.25) is 15.7 Å². The molecular formula is C39H47Br2Cl3N10O5P2. The Hall–Kier alpha value is -3.79. The molecule has 61 heavy (non-hydrogen) atoms. The summed E-state index contributed by atoms with van der Waals surface area (Å²) in [6.07, 6.45) is 11.3. The van der Waals surface area contributed by atoms with Gasteiger partial charge in [-0.25, -0.2) is 34.9 Å². The van der Waals surface area contributed by atoms with Crippen molar-refractivity contribution >= 4 is 109 Å². The zero-order valence-electron chi connectivity index (χ0n) is 33.6. The summed E-state index contributed by atoms with van der Waals surface area (Å²) in [7, 11) is -1.96. The molecule has 2 aromatic carbocycles. The van der Waals surface area contributed by atoms with Gasteiger partial charge in [0.05, 0.1) is 40.0 Å². The SMILES string of the molecule is C.CCCCO.COc1ncncc1-c1ccc(N)c(P(C)(C)=O)c1.COc1ncncc1-c1ccc(Nc2nc(Cl)ncc2Br)c(P(C)(C)=O)c1.Clc1ncc(Br)c(Cl)n1. The van der Waals surface area contributed by atoms with Crippen molar-refractivity contribution in [1.29, 1.82) is 0 Å². The second-order valence-corrected chi connectivity index (χ2v) is 22.0. The van der Waals surface area contributed by atoms with Gasteiger partial charge in [0, 0.05) is 47.7 Å². The van der Waals surface area contributed by atoms with Crippen LogP contribution >= 0.6 is 80.9 Å². The van der Waals surface area contributed by atoms with E-state index < -0.39 is 14.3 Å². The summed E-state index contributed by atoms with van der Waals surface area (Å²) in [6, 6.07) is 11.0. The lowest BCUT2D eigenvalue weighted by atomic mass is 10.1. The molecule has 0 aliphatic rings. The van der Waals surface area contributed by atoms with Crippen LogP contribution in [-0.2, 0) is 9.13 Å². The lowest BCUT2D eigenvalue weighted by molar-refractivity contribution is 0.287. The van der Waals surface area contributed by atoms with Crippen LogP contribution in [0.4, 0.5) is 17.2 Å². The molecule has 0 fully saturated rings. The Morgan fingerprint density at radius 3 is 1.67 bits per heavy atom. The molecule has 0 amide bonds. The zero-order valence-corrected chi connectivity index (χ0v) is 40.8. The third-order valence-electron chi connectivity index (χ3n) is 7.70. The predicted molar refractivity (Wildman–Crippen MR) is 257 cm³/mol.